The van der Waals surface area contributed by atoms with Crippen LogP contribution in [0.15, 0.2) is 47.1 Å². The van der Waals surface area contributed by atoms with Gasteiger partial charge >= 0.3 is 0 Å². The second kappa shape index (κ2) is 7.09. The summed E-state index contributed by atoms with van der Waals surface area (Å²) in [7, 11) is 0. The van der Waals surface area contributed by atoms with Gasteiger partial charge in [-0.2, -0.15) is 5.26 Å². The maximum Gasteiger partial charge on any atom is 0.240 e. The maximum absolute atomic E-state index is 12.0. The Morgan fingerprint density at radius 2 is 2.14 bits per heavy atom. The number of furan rings is 1. The summed E-state index contributed by atoms with van der Waals surface area (Å²) in [6.07, 6.45) is 1.52. The Balaban J connectivity index is 2.03. The number of hydrogen-bond acceptors (Lipinski definition) is 4. The third-order valence-corrected chi connectivity index (χ3v) is 3.01. The molecule has 0 saturated carbocycles. The fraction of sp³-hybridized carbons (Fsp3) is 0.188. The van der Waals surface area contributed by atoms with Crippen molar-refractivity contribution in [3.05, 3.63) is 54.0 Å². The summed E-state index contributed by atoms with van der Waals surface area (Å²) in [4.78, 5) is 25.0. The first kappa shape index (κ1) is 15.3. The first-order valence-corrected chi connectivity index (χ1v) is 6.67. The van der Waals surface area contributed by atoms with Crippen LogP contribution in [0.1, 0.15) is 18.2 Å². The first-order chi connectivity index (χ1) is 10.6. The van der Waals surface area contributed by atoms with Crippen molar-refractivity contribution in [1.82, 2.24) is 5.32 Å². The van der Waals surface area contributed by atoms with E-state index >= 15 is 0 Å². The number of carbonyl (C=O) groups is 2. The number of amides is 2. The lowest BCUT2D eigenvalue weighted by atomic mass is 10.2. The first-order valence-electron chi connectivity index (χ1n) is 6.67. The van der Waals surface area contributed by atoms with Gasteiger partial charge in [0.15, 0.2) is 0 Å². The van der Waals surface area contributed by atoms with Crippen LogP contribution < -0.4 is 10.2 Å². The highest BCUT2D eigenvalue weighted by Crippen LogP contribution is 2.16. The minimum absolute atomic E-state index is 0.120. The van der Waals surface area contributed by atoms with Crippen molar-refractivity contribution in [1.29, 1.82) is 5.26 Å². The number of carbonyl (C=O) groups excluding carboxylic acids is 2. The molecular weight excluding hydrogens is 282 g/mol. The van der Waals surface area contributed by atoms with Crippen LogP contribution in [0.5, 0.6) is 0 Å². The summed E-state index contributed by atoms with van der Waals surface area (Å²) in [6.45, 7) is 1.51. The van der Waals surface area contributed by atoms with Crippen LogP contribution in [-0.4, -0.2) is 18.4 Å². The molecule has 6 heteroatoms. The molecule has 0 spiro atoms. The van der Waals surface area contributed by atoms with Crippen LogP contribution in [0, 0.1) is 11.3 Å². The minimum Gasteiger partial charge on any atom is -0.467 e. The summed E-state index contributed by atoms with van der Waals surface area (Å²) in [6, 6.07) is 12.1. The van der Waals surface area contributed by atoms with Gasteiger partial charge in [-0.25, -0.2) is 0 Å². The van der Waals surface area contributed by atoms with Gasteiger partial charge in [-0.05, 0) is 30.3 Å². The van der Waals surface area contributed by atoms with E-state index in [0.29, 0.717) is 17.0 Å². The van der Waals surface area contributed by atoms with Gasteiger partial charge < -0.3 is 14.6 Å². The van der Waals surface area contributed by atoms with Gasteiger partial charge in [0, 0.05) is 12.6 Å². The van der Waals surface area contributed by atoms with Crippen LogP contribution in [0.2, 0.25) is 0 Å². The molecule has 0 unspecified atom stereocenters. The SMILES string of the molecule is CC(=O)N(CC(=O)NCc1ccco1)c1cccc(C#N)c1. The average Bonchev–Trinajstić information content (AvgIpc) is 3.03. The monoisotopic (exact) mass is 297 g/mol. The molecule has 0 saturated heterocycles. The Hall–Kier alpha value is -3.07. The van der Waals surface area contributed by atoms with Gasteiger partial charge in [0.25, 0.3) is 0 Å². The second-order valence-electron chi connectivity index (χ2n) is 4.62. The van der Waals surface area contributed by atoms with Crippen LogP contribution >= 0.6 is 0 Å². The summed E-state index contributed by atoms with van der Waals surface area (Å²) >= 11 is 0. The van der Waals surface area contributed by atoms with Crippen LogP contribution in [0.3, 0.4) is 0 Å². The lowest BCUT2D eigenvalue weighted by Crippen LogP contribution is -2.39. The smallest absolute Gasteiger partial charge is 0.240 e. The fourth-order valence-corrected chi connectivity index (χ4v) is 1.93. The van der Waals surface area contributed by atoms with Gasteiger partial charge in [0.2, 0.25) is 11.8 Å². The molecule has 1 N–H and O–H groups in total. The van der Waals surface area contributed by atoms with Crippen molar-refractivity contribution in [2.45, 2.75) is 13.5 Å². The van der Waals surface area contributed by atoms with Gasteiger partial charge in [0.05, 0.1) is 24.4 Å². The summed E-state index contributed by atoms with van der Waals surface area (Å²) in [5.41, 5.74) is 0.944. The minimum atomic E-state index is -0.311. The summed E-state index contributed by atoms with van der Waals surface area (Å²) < 4.78 is 5.12. The second-order valence-corrected chi connectivity index (χ2v) is 4.62. The molecule has 22 heavy (non-hydrogen) atoms. The zero-order valence-electron chi connectivity index (χ0n) is 12.1. The number of nitrogens with zero attached hydrogens (tertiary/aromatic N) is 2. The van der Waals surface area contributed by atoms with Crippen molar-refractivity contribution in [3.63, 3.8) is 0 Å². The van der Waals surface area contributed by atoms with E-state index < -0.39 is 0 Å². The number of anilines is 1. The highest BCUT2D eigenvalue weighted by Gasteiger charge is 2.16. The van der Waals surface area contributed by atoms with Crippen LogP contribution in [0.4, 0.5) is 5.69 Å². The normalized spacial score (nSPS) is 9.82. The molecular formula is C16H15N3O3. The Morgan fingerprint density at radius 3 is 2.77 bits per heavy atom. The third kappa shape index (κ3) is 3.96. The van der Waals surface area contributed by atoms with Crippen molar-refractivity contribution in [2.24, 2.45) is 0 Å². The zero-order chi connectivity index (χ0) is 15.9. The van der Waals surface area contributed by atoms with Crippen molar-refractivity contribution in [3.8, 4) is 6.07 Å². The predicted molar refractivity (Wildman–Crippen MR) is 79.7 cm³/mol. The molecule has 0 radical (unpaired) electrons. The Bertz CT molecular complexity index is 702. The number of rotatable bonds is 5. The third-order valence-electron chi connectivity index (χ3n) is 3.01. The van der Waals surface area contributed by atoms with E-state index in [9.17, 15) is 9.59 Å². The molecule has 1 heterocycles. The Labute approximate surface area is 127 Å². The zero-order valence-corrected chi connectivity index (χ0v) is 12.1. The van der Waals surface area contributed by atoms with E-state index in [1.807, 2.05) is 6.07 Å². The quantitative estimate of drug-likeness (QED) is 0.912. The van der Waals surface area contributed by atoms with Crippen LogP contribution in [-0.2, 0) is 16.1 Å². The summed E-state index contributed by atoms with van der Waals surface area (Å²) in [5.74, 6) is 0.0476. The molecule has 2 rings (SSSR count). The van der Waals surface area contributed by atoms with E-state index in [2.05, 4.69) is 5.32 Å². The van der Waals surface area contributed by atoms with Gasteiger partial charge in [-0.1, -0.05) is 6.07 Å². The standard InChI is InChI=1S/C16H15N3O3/c1-12(20)19(14-5-2-4-13(8-14)9-17)11-16(21)18-10-15-6-3-7-22-15/h2-8H,10-11H2,1H3,(H,18,21). The topological polar surface area (TPSA) is 86.3 Å². The Kier molecular flexibility index (Phi) is 4.94. The number of nitrogens with one attached hydrogen (secondary N) is 1. The molecule has 112 valence electrons. The maximum atomic E-state index is 12.0. The van der Waals surface area contributed by atoms with E-state index in [1.165, 1.54) is 18.1 Å². The Morgan fingerprint density at radius 1 is 1.32 bits per heavy atom. The van der Waals surface area contributed by atoms with Crippen molar-refractivity contribution < 1.29 is 14.0 Å². The molecule has 0 fully saturated rings. The molecule has 0 atom stereocenters. The number of hydrogen-bond donors (Lipinski definition) is 1. The van der Waals surface area contributed by atoms with E-state index in [4.69, 9.17) is 9.68 Å². The van der Waals surface area contributed by atoms with Gasteiger partial charge in [-0.15, -0.1) is 0 Å². The molecule has 2 aromatic rings. The molecule has 0 bridgehead atoms. The fourth-order valence-electron chi connectivity index (χ4n) is 1.93. The number of nitriles is 1. The van der Waals surface area contributed by atoms with Crippen molar-refractivity contribution in [2.75, 3.05) is 11.4 Å². The summed E-state index contributed by atoms with van der Waals surface area (Å²) in [5, 5.41) is 11.6. The van der Waals surface area contributed by atoms with E-state index in [1.54, 1.807) is 36.4 Å². The van der Waals surface area contributed by atoms with Gasteiger partial charge in [-0.3, -0.25) is 9.59 Å². The largest absolute Gasteiger partial charge is 0.467 e. The number of benzene rings is 1. The molecule has 0 aliphatic rings. The van der Waals surface area contributed by atoms with Crippen molar-refractivity contribution >= 4 is 17.5 Å². The average molecular weight is 297 g/mol. The molecule has 0 aliphatic carbocycles. The highest BCUT2D eigenvalue weighted by atomic mass is 16.3. The lowest BCUT2D eigenvalue weighted by molar-refractivity contribution is -0.123. The molecule has 2 amide bonds. The molecule has 1 aromatic heterocycles. The van der Waals surface area contributed by atoms with E-state index in [0.717, 1.165) is 0 Å². The molecule has 1 aromatic carbocycles. The van der Waals surface area contributed by atoms with Gasteiger partial charge in [0.1, 0.15) is 12.3 Å². The lowest BCUT2D eigenvalue weighted by Gasteiger charge is -2.20. The van der Waals surface area contributed by atoms with Crippen LogP contribution in [0.25, 0.3) is 0 Å². The highest BCUT2D eigenvalue weighted by molar-refractivity contribution is 5.97. The predicted octanol–water partition coefficient (Wildman–Crippen LogP) is 1.82. The van der Waals surface area contributed by atoms with E-state index in [-0.39, 0.29) is 24.9 Å². The molecule has 0 aliphatic heterocycles. The molecule has 6 nitrogen and oxygen atoms in total.